The van der Waals surface area contributed by atoms with Gasteiger partial charge in [-0.2, -0.15) is 15.0 Å². The summed E-state index contributed by atoms with van der Waals surface area (Å²) in [7, 11) is 0. The number of hydrogen-bond donors (Lipinski definition) is 2. The minimum Gasteiger partial charge on any atom is -0.411 e. The Bertz CT molecular complexity index is 1170. The van der Waals surface area contributed by atoms with Crippen molar-refractivity contribution >= 4 is 29.3 Å². The number of hydrogen-bond acceptors (Lipinski definition) is 9. The van der Waals surface area contributed by atoms with Gasteiger partial charge in [-0.3, -0.25) is 0 Å². The fourth-order valence-corrected chi connectivity index (χ4v) is 3.39. The van der Waals surface area contributed by atoms with Gasteiger partial charge in [0.05, 0.1) is 11.3 Å². The van der Waals surface area contributed by atoms with Gasteiger partial charge in [0.1, 0.15) is 11.6 Å². The zero-order chi connectivity index (χ0) is 20.9. The average Bonchev–Trinajstić information content (AvgIpc) is 3.21. The minimum absolute atomic E-state index is 0.106. The second-order valence-corrected chi connectivity index (χ2v) is 7.14. The van der Waals surface area contributed by atoms with Crippen LogP contribution in [0.4, 0.5) is 22.0 Å². The van der Waals surface area contributed by atoms with Crippen molar-refractivity contribution in [3.05, 3.63) is 65.7 Å². The average molecular weight is 423 g/mol. The molecular formula is C20H18FN7OS. The van der Waals surface area contributed by atoms with E-state index in [2.05, 4.69) is 37.4 Å². The van der Waals surface area contributed by atoms with E-state index in [0.29, 0.717) is 17.5 Å². The lowest BCUT2D eigenvalue weighted by atomic mass is 10.1. The van der Waals surface area contributed by atoms with Crippen molar-refractivity contribution in [2.24, 2.45) is 0 Å². The van der Waals surface area contributed by atoms with E-state index in [-0.39, 0.29) is 22.6 Å². The number of nitrogens with one attached hydrogen (secondary N) is 1. The van der Waals surface area contributed by atoms with Gasteiger partial charge in [0.15, 0.2) is 0 Å². The Morgan fingerprint density at radius 2 is 1.83 bits per heavy atom. The van der Waals surface area contributed by atoms with Crippen molar-refractivity contribution in [3.63, 3.8) is 0 Å². The molecule has 2 aromatic carbocycles. The fraction of sp³-hybridized carbons (Fsp3) is 0.150. The van der Waals surface area contributed by atoms with Gasteiger partial charge in [-0.1, -0.05) is 49.0 Å². The largest absolute Gasteiger partial charge is 0.411 e. The summed E-state index contributed by atoms with van der Waals surface area (Å²) in [5, 5.41) is 11.3. The summed E-state index contributed by atoms with van der Waals surface area (Å²) in [5.74, 6) is 0.937. The maximum atomic E-state index is 13.9. The van der Waals surface area contributed by atoms with Crippen LogP contribution in [0.1, 0.15) is 18.3 Å². The number of anilines is 3. The monoisotopic (exact) mass is 423 g/mol. The highest BCUT2D eigenvalue weighted by Gasteiger charge is 2.14. The molecule has 0 fully saturated rings. The van der Waals surface area contributed by atoms with Gasteiger partial charge in [-0.15, -0.1) is 10.2 Å². The lowest BCUT2D eigenvalue weighted by molar-refractivity contribution is 0.462. The molecule has 0 atom stereocenters. The molecule has 0 saturated heterocycles. The summed E-state index contributed by atoms with van der Waals surface area (Å²) in [4.78, 5) is 12.7. The topological polar surface area (TPSA) is 116 Å². The number of halogens is 1. The van der Waals surface area contributed by atoms with Gasteiger partial charge >= 0.3 is 0 Å². The van der Waals surface area contributed by atoms with Crippen LogP contribution in [-0.4, -0.2) is 25.1 Å². The van der Waals surface area contributed by atoms with Crippen LogP contribution in [0.2, 0.25) is 0 Å². The Morgan fingerprint density at radius 1 is 1.03 bits per heavy atom. The molecule has 0 aliphatic heterocycles. The van der Waals surface area contributed by atoms with Gasteiger partial charge in [-0.25, -0.2) is 4.39 Å². The molecule has 0 amide bonds. The molecule has 0 spiro atoms. The number of aryl methyl sites for hydroxylation is 1. The molecule has 3 N–H and O–H groups in total. The lowest BCUT2D eigenvalue weighted by Gasteiger charge is -2.10. The summed E-state index contributed by atoms with van der Waals surface area (Å²) >= 11 is 1.23. The first-order valence-corrected chi connectivity index (χ1v) is 10.2. The molecule has 0 aliphatic rings. The van der Waals surface area contributed by atoms with Gasteiger partial charge in [0.2, 0.25) is 11.9 Å². The minimum atomic E-state index is -0.425. The van der Waals surface area contributed by atoms with Gasteiger partial charge in [0, 0.05) is 5.69 Å². The molecule has 2 heterocycles. The molecule has 152 valence electrons. The third-order valence-electron chi connectivity index (χ3n) is 4.18. The van der Waals surface area contributed by atoms with Crippen LogP contribution < -0.4 is 11.1 Å². The standard InChI is InChI=1S/C20H18FN7OS/c1-2-12-7-3-6-10-15(12)23-19-25-16(24-18(22)26-19)11-30-20-28-27-17(29-20)13-8-4-5-9-14(13)21/h3-10H,2,11H2,1H3,(H3,22,23,24,25,26). The summed E-state index contributed by atoms with van der Waals surface area (Å²) in [5.41, 5.74) is 8.15. The van der Waals surface area contributed by atoms with Crippen molar-refractivity contribution < 1.29 is 8.81 Å². The number of nitrogens with zero attached hydrogens (tertiary/aromatic N) is 5. The van der Waals surface area contributed by atoms with Crippen molar-refractivity contribution in [2.45, 2.75) is 24.3 Å². The number of aromatic nitrogens is 5. The second-order valence-electron chi connectivity index (χ2n) is 6.21. The summed E-state index contributed by atoms with van der Waals surface area (Å²) in [6.07, 6.45) is 0.869. The quantitative estimate of drug-likeness (QED) is 0.421. The predicted octanol–water partition coefficient (Wildman–Crippen LogP) is 4.24. The van der Waals surface area contributed by atoms with Crippen LogP contribution in [0, 0.1) is 5.82 Å². The van der Waals surface area contributed by atoms with E-state index in [0.717, 1.165) is 17.7 Å². The normalized spacial score (nSPS) is 10.9. The number of benzene rings is 2. The van der Waals surface area contributed by atoms with Crippen LogP contribution in [-0.2, 0) is 12.2 Å². The van der Waals surface area contributed by atoms with Crippen molar-refractivity contribution in [1.29, 1.82) is 0 Å². The predicted molar refractivity (Wildman–Crippen MR) is 113 cm³/mol. The molecule has 4 aromatic rings. The molecule has 4 rings (SSSR count). The molecule has 0 aliphatic carbocycles. The number of para-hydroxylation sites is 1. The maximum Gasteiger partial charge on any atom is 0.277 e. The Labute approximate surface area is 176 Å². The molecule has 0 unspecified atom stereocenters. The zero-order valence-corrected chi connectivity index (χ0v) is 16.9. The first kappa shape index (κ1) is 19.8. The lowest BCUT2D eigenvalue weighted by Crippen LogP contribution is -2.07. The third-order valence-corrected chi connectivity index (χ3v) is 4.99. The molecule has 0 bridgehead atoms. The van der Waals surface area contributed by atoms with Gasteiger partial charge in [0.25, 0.3) is 11.1 Å². The molecule has 8 nitrogen and oxygen atoms in total. The molecule has 2 aromatic heterocycles. The first-order valence-electron chi connectivity index (χ1n) is 9.19. The second kappa shape index (κ2) is 8.87. The smallest absolute Gasteiger partial charge is 0.277 e. The van der Waals surface area contributed by atoms with Crippen LogP contribution in [0.5, 0.6) is 0 Å². The third kappa shape index (κ3) is 4.54. The van der Waals surface area contributed by atoms with E-state index in [1.165, 1.54) is 17.8 Å². The van der Waals surface area contributed by atoms with E-state index in [1.807, 2.05) is 24.3 Å². The van der Waals surface area contributed by atoms with Crippen LogP contribution in [0.25, 0.3) is 11.5 Å². The number of nitrogens with two attached hydrogens (primary N) is 1. The highest BCUT2D eigenvalue weighted by molar-refractivity contribution is 7.98. The van der Waals surface area contributed by atoms with E-state index in [9.17, 15) is 4.39 Å². The molecule has 10 heteroatoms. The summed E-state index contributed by atoms with van der Waals surface area (Å²) in [6.45, 7) is 2.07. The fourth-order valence-electron chi connectivity index (χ4n) is 2.77. The van der Waals surface area contributed by atoms with Crippen LogP contribution >= 0.6 is 11.8 Å². The van der Waals surface area contributed by atoms with Crippen LogP contribution in [0.15, 0.2) is 58.2 Å². The summed E-state index contributed by atoms with van der Waals surface area (Å²) < 4.78 is 19.4. The van der Waals surface area contributed by atoms with Crippen molar-refractivity contribution in [2.75, 3.05) is 11.1 Å². The Hall–Kier alpha value is -3.53. The van der Waals surface area contributed by atoms with E-state index < -0.39 is 5.82 Å². The SMILES string of the molecule is CCc1ccccc1Nc1nc(N)nc(CSc2nnc(-c3ccccc3F)o2)n1. The molecular weight excluding hydrogens is 405 g/mol. The zero-order valence-electron chi connectivity index (χ0n) is 16.0. The number of nitrogen functional groups attached to an aromatic ring is 1. The van der Waals surface area contributed by atoms with Crippen molar-refractivity contribution in [1.82, 2.24) is 25.1 Å². The van der Waals surface area contributed by atoms with Gasteiger partial charge < -0.3 is 15.5 Å². The maximum absolute atomic E-state index is 13.9. The molecule has 30 heavy (non-hydrogen) atoms. The highest BCUT2D eigenvalue weighted by atomic mass is 32.2. The van der Waals surface area contributed by atoms with Crippen molar-refractivity contribution in [3.8, 4) is 11.5 Å². The van der Waals surface area contributed by atoms with Gasteiger partial charge in [-0.05, 0) is 30.2 Å². The van der Waals surface area contributed by atoms with E-state index >= 15 is 0 Å². The summed E-state index contributed by atoms with van der Waals surface area (Å²) in [6, 6.07) is 14.1. The van der Waals surface area contributed by atoms with Crippen LogP contribution in [0.3, 0.4) is 0 Å². The highest BCUT2D eigenvalue weighted by Crippen LogP contribution is 2.27. The van der Waals surface area contributed by atoms with E-state index in [4.69, 9.17) is 10.2 Å². The van der Waals surface area contributed by atoms with E-state index in [1.54, 1.807) is 18.2 Å². The number of rotatable bonds is 7. The Kier molecular flexibility index (Phi) is 5.84. The molecule has 0 saturated carbocycles. The Balaban J connectivity index is 1.47. The molecule has 0 radical (unpaired) electrons. The Morgan fingerprint density at radius 3 is 2.67 bits per heavy atom. The number of thioether (sulfide) groups is 1. The first-order chi connectivity index (χ1) is 14.6.